The zero-order valence-electron chi connectivity index (χ0n) is 6.59. The van der Waals surface area contributed by atoms with Gasteiger partial charge in [0.25, 0.3) is 5.92 Å². The molecule has 13 heavy (non-hydrogen) atoms. The average Bonchev–Trinajstić information content (AvgIpc) is 2.49. The van der Waals surface area contributed by atoms with E-state index >= 15 is 0 Å². The molecule has 1 saturated carbocycles. The Labute approximate surface area is 77.6 Å². The monoisotopic (exact) mass is 203 g/mol. The number of anilines is 1. The Bertz CT molecular complexity index is 323. The zero-order valence-corrected chi connectivity index (χ0v) is 7.41. The molecule has 1 N–H and O–H groups in total. The van der Waals surface area contributed by atoms with Crippen LogP contribution in [0, 0.1) is 5.92 Å². The van der Waals surface area contributed by atoms with Crippen LogP contribution in [0.1, 0.15) is 6.42 Å². The first kappa shape index (κ1) is 8.62. The van der Waals surface area contributed by atoms with E-state index in [9.17, 15) is 13.6 Å². The molecular formula is C8H7F2NOS. The van der Waals surface area contributed by atoms with E-state index in [4.69, 9.17) is 0 Å². The summed E-state index contributed by atoms with van der Waals surface area (Å²) >= 11 is 1.41. The fraction of sp³-hybridized carbons (Fsp3) is 0.375. The quantitative estimate of drug-likeness (QED) is 0.785. The van der Waals surface area contributed by atoms with Gasteiger partial charge < -0.3 is 5.32 Å². The molecular weight excluding hydrogens is 196 g/mol. The summed E-state index contributed by atoms with van der Waals surface area (Å²) in [6, 6.07) is 1.68. The maximum atomic E-state index is 12.4. The molecule has 0 saturated heterocycles. The van der Waals surface area contributed by atoms with Crippen molar-refractivity contribution in [2.45, 2.75) is 12.3 Å². The number of amides is 1. The highest BCUT2D eigenvalue weighted by molar-refractivity contribution is 7.08. The minimum absolute atomic E-state index is 0.316. The van der Waals surface area contributed by atoms with Gasteiger partial charge in [0.15, 0.2) is 0 Å². The summed E-state index contributed by atoms with van der Waals surface area (Å²) in [5.74, 6) is -4.48. The third-order valence-corrected chi connectivity index (χ3v) is 2.61. The van der Waals surface area contributed by atoms with Crippen LogP contribution < -0.4 is 5.32 Å². The Kier molecular flexibility index (Phi) is 1.83. The van der Waals surface area contributed by atoms with Crippen molar-refractivity contribution in [3.05, 3.63) is 16.8 Å². The van der Waals surface area contributed by atoms with Gasteiger partial charge in [0.1, 0.15) is 5.92 Å². The SMILES string of the molecule is O=C(Nc1ccsc1)C1CC1(F)F. The molecule has 0 aliphatic heterocycles. The minimum atomic E-state index is -2.78. The highest BCUT2D eigenvalue weighted by atomic mass is 32.1. The average molecular weight is 203 g/mol. The molecule has 1 amide bonds. The van der Waals surface area contributed by atoms with Gasteiger partial charge in [-0.3, -0.25) is 4.79 Å². The van der Waals surface area contributed by atoms with E-state index in [1.54, 1.807) is 16.8 Å². The first-order chi connectivity index (χ1) is 6.09. The molecule has 1 unspecified atom stereocenters. The van der Waals surface area contributed by atoms with E-state index in [2.05, 4.69) is 5.32 Å². The van der Waals surface area contributed by atoms with Crippen LogP contribution in [0.15, 0.2) is 16.8 Å². The molecule has 0 bridgehead atoms. The highest BCUT2D eigenvalue weighted by Gasteiger charge is 2.61. The van der Waals surface area contributed by atoms with E-state index in [1.807, 2.05) is 0 Å². The minimum Gasteiger partial charge on any atom is -0.325 e. The van der Waals surface area contributed by atoms with Crippen molar-refractivity contribution in [1.82, 2.24) is 0 Å². The van der Waals surface area contributed by atoms with Gasteiger partial charge in [-0.05, 0) is 11.4 Å². The third-order valence-electron chi connectivity index (χ3n) is 1.93. The molecule has 0 radical (unpaired) electrons. The molecule has 1 aliphatic carbocycles. The van der Waals surface area contributed by atoms with Gasteiger partial charge in [0.2, 0.25) is 5.91 Å². The molecule has 0 aromatic carbocycles. The van der Waals surface area contributed by atoms with Gasteiger partial charge in [-0.15, -0.1) is 0 Å². The normalized spacial score (nSPS) is 24.0. The molecule has 5 heteroatoms. The Morgan fingerprint density at radius 3 is 2.85 bits per heavy atom. The van der Waals surface area contributed by atoms with Crippen LogP contribution in [0.25, 0.3) is 0 Å². The molecule has 1 aliphatic rings. The number of carbonyl (C=O) groups is 1. The maximum absolute atomic E-state index is 12.4. The van der Waals surface area contributed by atoms with Crippen LogP contribution in [0.2, 0.25) is 0 Å². The number of alkyl halides is 2. The van der Waals surface area contributed by atoms with Crippen molar-refractivity contribution in [2.24, 2.45) is 5.92 Å². The van der Waals surface area contributed by atoms with Crippen molar-refractivity contribution in [1.29, 1.82) is 0 Å². The van der Waals surface area contributed by atoms with Crippen LogP contribution >= 0.6 is 11.3 Å². The first-order valence-electron chi connectivity index (χ1n) is 3.80. The Morgan fingerprint density at radius 2 is 2.38 bits per heavy atom. The van der Waals surface area contributed by atoms with E-state index in [0.29, 0.717) is 5.69 Å². The second-order valence-electron chi connectivity index (χ2n) is 3.02. The lowest BCUT2D eigenvalue weighted by molar-refractivity contribution is -0.119. The lowest BCUT2D eigenvalue weighted by atomic mass is 10.3. The van der Waals surface area contributed by atoms with Gasteiger partial charge in [-0.1, -0.05) is 0 Å². The fourth-order valence-electron chi connectivity index (χ4n) is 1.06. The summed E-state index contributed by atoms with van der Waals surface area (Å²) in [7, 11) is 0. The van der Waals surface area contributed by atoms with Crippen molar-refractivity contribution in [2.75, 3.05) is 5.32 Å². The third kappa shape index (κ3) is 1.70. The summed E-state index contributed by atoms with van der Waals surface area (Å²) in [4.78, 5) is 11.1. The lowest BCUT2D eigenvalue weighted by Crippen LogP contribution is -2.16. The van der Waals surface area contributed by atoms with Gasteiger partial charge in [-0.25, -0.2) is 8.78 Å². The number of thiophene rings is 1. The molecule has 1 aromatic heterocycles. The molecule has 1 fully saturated rings. The molecule has 1 aromatic rings. The van der Waals surface area contributed by atoms with Crippen LogP contribution in [0.4, 0.5) is 14.5 Å². The van der Waals surface area contributed by atoms with Crippen molar-refractivity contribution in [3.8, 4) is 0 Å². The second kappa shape index (κ2) is 2.77. The van der Waals surface area contributed by atoms with E-state index in [-0.39, 0.29) is 6.42 Å². The summed E-state index contributed by atoms with van der Waals surface area (Å²) in [5.41, 5.74) is 0.595. The second-order valence-corrected chi connectivity index (χ2v) is 3.80. The number of nitrogens with one attached hydrogen (secondary N) is 1. The van der Waals surface area contributed by atoms with Crippen LogP contribution in [0.5, 0.6) is 0 Å². The number of carbonyl (C=O) groups excluding carboxylic acids is 1. The van der Waals surface area contributed by atoms with Crippen molar-refractivity contribution in [3.63, 3.8) is 0 Å². The number of halogens is 2. The molecule has 0 spiro atoms. The summed E-state index contributed by atoms with van der Waals surface area (Å²) in [5, 5.41) is 5.92. The molecule has 1 heterocycles. The molecule has 2 nitrogen and oxygen atoms in total. The van der Waals surface area contributed by atoms with Crippen LogP contribution in [-0.4, -0.2) is 11.8 Å². The Balaban J connectivity index is 1.94. The largest absolute Gasteiger partial charge is 0.325 e. The predicted octanol–water partition coefficient (Wildman–Crippen LogP) is 2.34. The van der Waals surface area contributed by atoms with Crippen molar-refractivity contribution < 1.29 is 13.6 Å². The van der Waals surface area contributed by atoms with E-state index in [1.165, 1.54) is 11.3 Å². The topological polar surface area (TPSA) is 29.1 Å². The van der Waals surface area contributed by atoms with Crippen LogP contribution in [0.3, 0.4) is 0 Å². The fourth-order valence-corrected chi connectivity index (χ4v) is 1.65. The van der Waals surface area contributed by atoms with E-state index < -0.39 is 17.7 Å². The summed E-state index contributed by atoms with van der Waals surface area (Å²) in [6.45, 7) is 0. The lowest BCUT2D eigenvalue weighted by Gasteiger charge is -2.00. The van der Waals surface area contributed by atoms with Gasteiger partial charge in [0.05, 0.1) is 5.69 Å². The zero-order chi connectivity index (χ0) is 9.47. The molecule has 2 rings (SSSR count). The molecule has 70 valence electrons. The molecule has 1 atom stereocenters. The Hall–Kier alpha value is -0.970. The standard InChI is InChI=1S/C8H7F2NOS/c9-8(10)3-6(8)7(12)11-5-1-2-13-4-5/h1-2,4,6H,3H2,(H,11,12). The number of rotatable bonds is 2. The first-order valence-corrected chi connectivity index (χ1v) is 4.75. The van der Waals surface area contributed by atoms with Crippen molar-refractivity contribution >= 4 is 22.9 Å². The predicted molar refractivity (Wildman–Crippen MR) is 46.0 cm³/mol. The smallest absolute Gasteiger partial charge is 0.260 e. The number of hydrogen-bond acceptors (Lipinski definition) is 2. The Morgan fingerprint density at radius 1 is 1.69 bits per heavy atom. The number of hydrogen-bond donors (Lipinski definition) is 1. The van der Waals surface area contributed by atoms with Crippen LogP contribution in [-0.2, 0) is 4.79 Å². The van der Waals surface area contributed by atoms with Gasteiger partial charge >= 0.3 is 0 Å². The van der Waals surface area contributed by atoms with E-state index in [0.717, 1.165) is 0 Å². The summed E-state index contributed by atoms with van der Waals surface area (Å²) in [6.07, 6.45) is -0.316. The summed E-state index contributed by atoms with van der Waals surface area (Å²) < 4.78 is 24.8. The van der Waals surface area contributed by atoms with Gasteiger partial charge in [0, 0.05) is 11.8 Å². The maximum Gasteiger partial charge on any atom is 0.260 e. The van der Waals surface area contributed by atoms with Gasteiger partial charge in [-0.2, -0.15) is 11.3 Å². The highest BCUT2D eigenvalue weighted by Crippen LogP contribution is 2.49.